The maximum absolute atomic E-state index is 12.1. The number of rotatable bonds is 7. The van der Waals surface area contributed by atoms with Gasteiger partial charge in [0, 0.05) is 5.92 Å². The third-order valence-corrected chi connectivity index (χ3v) is 5.24. The summed E-state index contributed by atoms with van der Waals surface area (Å²) >= 11 is 0. The molecule has 2 aromatic rings. The molecule has 0 saturated heterocycles. The van der Waals surface area contributed by atoms with Gasteiger partial charge in [-0.3, -0.25) is 4.79 Å². The Kier molecular flexibility index (Phi) is 5.24. The van der Waals surface area contributed by atoms with Crippen molar-refractivity contribution in [1.82, 2.24) is 0 Å². The Morgan fingerprint density at radius 3 is 2.00 bits per heavy atom. The van der Waals surface area contributed by atoms with Crippen LogP contribution in [0.4, 0.5) is 0 Å². The molecule has 1 aliphatic rings. The van der Waals surface area contributed by atoms with Crippen LogP contribution in [0.1, 0.15) is 38.0 Å². The zero-order valence-corrected chi connectivity index (χ0v) is 15.1. The highest BCUT2D eigenvalue weighted by Crippen LogP contribution is 2.59. The molecule has 2 atom stereocenters. The highest BCUT2D eigenvalue weighted by Gasteiger charge is 2.62. The van der Waals surface area contributed by atoms with Crippen molar-refractivity contribution < 1.29 is 14.3 Å². The summed E-state index contributed by atoms with van der Waals surface area (Å²) in [5, 5.41) is 0. The predicted molar refractivity (Wildman–Crippen MR) is 98.1 cm³/mol. The SMILES string of the molecule is CCOC(=O)C1C(COC(c2ccccc2)c2ccccc2)C1(C)C. The zero-order chi connectivity index (χ0) is 17.9. The lowest BCUT2D eigenvalue weighted by molar-refractivity contribution is -0.146. The molecule has 3 nitrogen and oxygen atoms in total. The summed E-state index contributed by atoms with van der Waals surface area (Å²) in [6.07, 6.45) is -0.123. The lowest BCUT2D eigenvalue weighted by atomic mass is 10.0. The fourth-order valence-corrected chi connectivity index (χ4v) is 3.60. The van der Waals surface area contributed by atoms with Crippen LogP contribution in [0.25, 0.3) is 0 Å². The molecule has 0 N–H and O–H groups in total. The number of esters is 1. The van der Waals surface area contributed by atoms with Gasteiger partial charge >= 0.3 is 5.97 Å². The largest absolute Gasteiger partial charge is 0.466 e. The first-order valence-electron chi connectivity index (χ1n) is 8.93. The number of hydrogen-bond acceptors (Lipinski definition) is 3. The minimum absolute atomic E-state index is 0.0653. The monoisotopic (exact) mass is 338 g/mol. The van der Waals surface area contributed by atoms with Crippen LogP contribution < -0.4 is 0 Å². The highest BCUT2D eigenvalue weighted by molar-refractivity contribution is 5.77. The van der Waals surface area contributed by atoms with Crippen molar-refractivity contribution in [3.63, 3.8) is 0 Å². The Balaban J connectivity index is 1.73. The summed E-state index contributed by atoms with van der Waals surface area (Å²) in [5.41, 5.74) is 2.18. The molecule has 0 aromatic heterocycles. The van der Waals surface area contributed by atoms with Gasteiger partial charge in [-0.05, 0) is 23.5 Å². The maximum Gasteiger partial charge on any atom is 0.309 e. The number of ether oxygens (including phenoxy) is 2. The Hall–Kier alpha value is -2.13. The Labute approximate surface area is 150 Å². The smallest absolute Gasteiger partial charge is 0.309 e. The van der Waals surface area contributed by atoms with Crippen LogP contribution >= 0.6 is 0 Å². The van der Waals surface area contributed by atoms with Crippen molar-refractivity contribution >= 4 is 5.97 Å². The normalized spacial score (nSPS) is 21.1. The first-order valence-corrected chi connectivity index (χ1v) is 8.93. The molecular weight excluding hydrogens is 312 g/mol. The van der Waals surface area contributed by atoms with E-state index in [1.54, 1.807) is 0 Å². The van der Waals surface area contributed by atoms with Crippen molar-refractivity contribution in [1.29, 1.82) is 0 Å². The van der Waals surface area contributed by atoms with Gasteiger partial charge in [0.05, 0.1) is 19.1 Å². The van der Waals surface area contributed by atoms with Crippen LogP contribution in [0.5, 0.6) is 0 Å². The molecule has 1 aliphatic carbocycles. The summed E-state index contributed by atoms with van der Waals surface area (Å²) in [5.74, 6) is 0.0261. The molecule has 0 amide bonds. The lowest BCUT2D eigenvalue weighted by Gasteiger charge is -2.19. The van der Waals surface area contributed by atoms with Gasteiger partial charge in [0.2, 0.25) is 0 Å². The van der Waals surface area contributed by atoms with Crippen molar-refractivity contribution in [2.75, 3.05) is 13.2 Å². The fourth-order valence-electron chi connectivity index (χ4n) is 3.60. The summed E-state index contributed by atoms with van der Waals surface area (Å²) in [6.45, 7) is 7.05. The summed E-state index contributed by atoms with van der Waals surface area (Å²) in [4.78, 5) is 12.1. The quantitative estimate of drug-likeness (QED) is 0.691. The van der Waals surface area contributed by atoms with Crippen LogP contribution in [0, 0.1) is 17.3 Å². The van der Waals surface area contributed by atoms with Gasteiger partial charge < -0.3 is 9.47 Å². The molecule has 0 spiro atoms. The molecule has 3 rings (SSSR count). The third-order valence-electron chi connectivity index (χ3n) is 5.24. The number of hydrogen-bond donors (Lipinski definition) is 0. The fraction of sp³-hybridized carbons (Fsp3) is 0.409. The average molecular weight is 338 g/mol. The molecule has 0 heterocycles. The van der Waals surface area contributed by atoms with Crippen molar-refractivity contribution in [3.8, 4) is 0 Å². The van der Waals surface area contributed by atoms with E-state index in [0.29, 0.717) is 13.2 Å². The summed E-state index contributed by atoms with van der Waals surface area (Å²) in [7, 11) is 0. The molecule has 25 heavy (non-hydrogen) atoms. The summed E-state index contributed by atoms with van der Waals surface area (Å²) < 4.78 is 11.5. The van der Waals surface area contributed by atoms with E-state index in [-0.39, 0.29) is 29.3 Å². The van der Waals surface area contributed by atoms with E-state index in [9.17, 15) is 4.79 Å². The van der Waals surface area contributed by atoms with Gasteiger partial charge in [-0.15, -0.1) is 0 Å². The van der Waals surface area contributed by atoms with E-state index in [4.69, 9.17) is 9.47 Å². The van der Waals surface area contributed by atoms with E-state index in [0.717, 1.165) is 11.1 Å². The van der Waals surface area contributed by atoms with E-state index < -0.39 is 0 Å². The Morgan fingerprint density at radius 2 is 1.52 bits per heavy atom. The van der Waals surface area contributed by atoms with Gasteiger partial charge in [0.15, 0.2) is 0 Å². The first kappa shape index (κ1) is 17.7. The van der Waals surface area contributed by atoms with Gasteiger partial charge in [0.1, 0.15) is 6.10 Å². The van der Waals surface area contributed by atoms with Crippen LogP contribution in [0.15, 0.2) is 60.7 Å². The molecule has 132 valence electrons. The van der Waals surface area contributed by atoms with Crippen LogP contribution in [0.3, 0.4) is 0 Å². The molecule has 2 unspecified atom stereocenters. The average Bonchev–Trinajstić information content (AvgIpc) is 3.18. The molecule has 0 aliphatic heterocycles. The number of carbonyl (C=O) groups excluding carboxylic acids is 1. The highest BCUT2D eigenvalue weighted by atomic mass is 16.5. The maximum atomic E-state index is 12.1. The minimum atomic E-state index is -0.123. The van der Waals surface area contributed by atoms with Gasteiger partial charge in [-0.1, -0.05) is 74.5 Å². The van der Waals surface area contributed by atoms with E-state index >= 15 is 0 Å². The summed E-state index contributed by atoms with van der Waals surface area (Å²) in [6, 6.07) is 20.4. The van der Waals surface area contributed by atoms with Crippen molar-refractivity contribution in [2.45, 2.75) is 26.9 Å². The Bertz CT molecular complexity index is 654. The second kappa shape index (κ2) is 7.40. The molecule has 1 fully saturated rings. The molecule has 1 saturated carbocycles. The van der Waals surface area contributed by atoms with E-state index in [1.165, 1.54) is 0 Å². The van der Waals surface area contributed by atoms with Crippen molar-refractivity contribution in [3.05, 3.63) is 71.8 Å². The van der Waals surface area contributed by atoms with Gasteiger partial charge in [0.25, 0.3) is 0 Å². The minimum Gasteiger partial charge on any atom is -0.466 e. The van der Waals surface area contributed by atoms with Crippen LogP contribution in [-0.2, 0) is 14.3 Å². The molecule has 0 radical (unpaired) electrons. The van der Waals surface area contributed by atoms with Gasteiger partial charge in [-0.25, -0.2) is 0 Å². The van der Waals surface area contributed by atoms with Crippen LogP contribution in [0.2, 0.25) is 0 Å². The topological polar surface area (TPSA) is 35.5 Å². The third kappa shape index (κ3) is 3.77. The molecular formula is C22H26O3. The van der Waals surface area contributed by atoms with E-state index in [2.05, 4.69) is 38.1 Å². The standard InChI is InChI=1S/C22H26O3/c1-4-24-21(23)19-18(22(19,2)3)15-25-20(16-11-7-5-8-12-16)17-13-9-6-10-14-17/h5-14,18-20H,4,15H2,1-3H3. The Morgan fingerprint density at radius 1 is 1.00 bits per heavy atom. The lowest BCUT2D eigenvalue weighted by Crippen LogP contribution is -2.12. The van der Waals surface area contributed by atoms with E-state index in [1.807, 2.05) is 43.3 Å². The van der Waals surface area contributed by atoms with Crippen LogP contribution in [-0.4, -0.2) is 19.2 Å². The van der Waals surface area contributed by atoms with Gasteiger partial charge in [-0.2, -0.15) is 0 Å². The van der Waals surface area contributed by atoms with Crippen molar-refractivity contribution in [2.24, 2.45) is 17.3 Å². The molecule has 2 aromatic carbocycles. The molecule has 0 bridgehead atoms. The predicted octanol–water partition coefficient (Wildman–Crippen LogP) is 4.63. The zero-order valence-electron chi connectivity index (χ0n) is 15.1. The number of benzene rings is 2. The second-order valence-electron chi connectivity index (χ2n) is 7.19. The number of carbonyl (C=O) groups is 1. The molecule has 3 heteroatoms. The first-order chi connectivity index (χ1) is 12.1. The second-order valence-corrected chi connectivity index (χ2v) is 7.19.